The van der Waals surface area contributed by atoms with Crippen LogP contribution >= 0.6 is 0 Å². The fourth-order valence-electron chi connectivity index (χ4n) is 3.92. The van der Waals surface area contributed by atoms with Gasteiger partial charge < -0.3 is 24.6 Å². The molecule has 150 valence electrons. The van der Waals surface area contributed by atoms with Crippen LogP contribution in [0.25, 0.3) is 0 Å². The molecular weight excluding hydrogens is 344 g/mol. The first-order chi connectivity index (χ1) is 13.0. The molecule has 3 rings (SSSR count). The molecule has 2 N–H and O–H groups in total. The van der Waals surface area contributed by atoms with E-state index in [2.05, 4.69) is 24.1 Å². The second kappa shape index (κ2) is 8.78. The van der Waals surface area contributed by atoms with Crippen LogP contribution in [0, 0.1) is 5.41 Å². The predicted molar refractivity (Wildman–Crippen MR) is 105 cm³/mol. The molecule has 1 amide bonds. The summed E-state index contributed by atoms with van der Waals surface area (Å²) < 4.78 is 5.22. The van der Waals surface area contributed by atoms with Gasteiger partial charge in [-0.3, -0.25) is 9.79 Å². The highest BCUT2D eigenvalue weighted by molar-refractivity contribution is 5.91. The Bertz CT molecular complexity index is 638. The maximum Gasteiger partial charge on any atom is 0.289 e. The molecule has 0 radical (unpaired) electrons. The van der Waals surface area contributed by atoms with Crippen LogP contribution < -0.4 is 5.32 Å². The van der Waals surface area contributed by atoms with Gasteiger partial charge in [-0.05, 0) is 31.9 Å². The van der Waals surface area contributed by atoms with E-state index in [1.54, 1.807) is 12.1 Å². The second-order valence-corrected chi connectivity index (χ2v) is 7.84. The van der Waals surface area contributed by atoms with E-state index in [1.807, 2.05) is 4.90 Å². The van der Waals surface area contributed by atoms with Crippen molar-refractivity contribution in [3.63, 3.8) is 0 Å². The predicted octanol–water partition coefficient (Wildman–Crippen LogP) is 1.94. The number of carbonyl (C=O) groups excluding carboxylic acids is 1. The van der Waals surface area contributed by atoms with E-state index in [9.17, 15) is 9.90 Å². The van der Waals surface area contributed by atoms with E-state index in [0.717, 1.165) is 51.3 Å². The highest BCUT2D eigenvalue weighted by Gasteiger charge is 2.35. The Hall–Kier alpha value is -2.02. The molecule has 2 aliphatic rings. The van der Waals surface area contributed by atoms with Crippen molar-refractivity contribution in [2.24, 2.45) is 10.4 Å². The number of aliphatic hydroxyl groups excluding tert-OH is 1. The van der Waals surface area contributed by atoms with Crippen molar-refractivity contribution in [2.75, 3.05) is 39.3 Å². The number of nitrogens with zero attached hydrogens (tertiary/aromatic N) is 3. The Labute approximate surface area is 161 Å². The number of guanidine groups is 1. The lowest BCUT2D eigenvalue weighted by Gasteiger charge is -2.39. The van der Waals surface area contributed by atoms with Crippen molar-refractivity contribution in [1.29, 1.82) is 0 Å². The first-order valence-electron chi connectivity index (χ1n) is 10.1. The maximum absolute atomic E-state index is 12.4. The summed E-state index contributed by atoms with van der Waals surface area (Å²) in [5.41, 5.74) is -0.143. The minimum Gasteiger partial charge on any atom is -0.459 e. The fraction of sp³-hybridized carbons (Fsp3) is 0.700. The van der Waals surface area contributed by atoms with E-state index in [1.165, 1.54) is 6.26 Å². The molecule has 1 saturated carbocycles. The van der Waals surface area contributed by atoms with Crippen LogP contribution in [0.15, 0.2) is 27.8 Å². The normalized spacial score (nSPS) is 26.9. The van der Waals surface area contributed by atoms with Crippen LogP contribution in [-0.2, 0) is 0 Å². The third-order valence-corrected chi connectivity index (χ3v) is 5.80. The van der Waals surface area contributed by atoms with Crippen molar-refractivity contribution < 1.29 is 14.3 Å². The monoisotopic (exact) mass is 376 g/mol. The summed E-state index contributed by atoms with van der Waals surface area (Å²) in [6.45, 7) is 8.38. The van der Waals surface area contributed by atoms with Crippen molar-refractivity contribution in [3.8, 4) is 0 Å². The number of furan rings is 1. The zero-order valence-electron chi connectivity index (χ0n) is 16.5. The van der Waals surface area contributed by atoms with E-state index in [-0.39, 0.29) is 17.4 Å². The Kier molecular flexibility index (Phi) is 6.42. The highest BCUT2D eigenvalue weighted by Crippen LogP contribution is 2.36. The smallest absolute Gasteiger partial charge is 0.289 e. The molecule has 2 fully saturated rings. The van der Waals surface area contributed by atoms with Crippen LogP contribution in [0.3, 0.4) is 0 Å². The largest absolute Gasteiger partial charge is 0.459 e. The number of aliphatic hydroxyl groups is 1. The van der Waals surface area contributed by atoms with Gasteiger partial charge in [-0.25, -0.2) is 0 Å². The minimum atomic E-state index is -0.277. The number of carbonyl (C=O) groups is 1. The molecule has 0 spiro atoms. The first kappa shape index (κ1) is 19.7. The Balaban J connectivity index is 1.60. The van der Waals surface area contributed by atoms with Crippen molar-refractivity contribution in [1.82, 2.24) is 15.1 Å². The number of piperazine rings is 1. The Morgan fingerprint density at radius 2 is 2.07 bits per heavy atom. The van der Waals surface area contributed by atoms with Gasteiger partial charge in [0.15, 0.2) is 11.7 Å². The summed E-state index contributed by atoms with van der Waals surface area (Å²) in [7, 11) is 0. The molecule has 0 bridgehead atoms. The first-order valence-corrected chi connectivity index (χ1v) is 10.1. The van der Waals surface area contributed by atoms with Gasteiger partial charge >= 0.3 is 0 Å². The molecule has 1 saturated heterocycles. The van der Waals surface area contributed by atoms with Crippen molar-refractivity contribution in [3.05, 3.63) is 24.2 Å². The quantitative estimate of drug-likeness (QED) is 0.620. The van der Waals surface area contributed by atoms with Crippen LogP contribution in [0.4, 0.5) is 0 Å². The summed E-state index contributed by atoms with van der Waals surface area (Å²) in [5.74, 6) is 1.21. The molecule has 1 aliphatic carbocycles. The molecule has 1 aromatic heterocycles. The van der Waals surface area contributed by atoms with Gasteiger partial charge in [0.2, 0.25) is 0 Å². The Morgan fingerprint density at radius 3 is 2.70 bits per heavy atom. The fourth-order valence-corrected chi connectivity index (χ4v) is 3.92. The molecule has 7 nitrogen and oxygen atoms in total. The number of hydrogen-bond acceptors (Lipinski definition) is 4. The number of nitrogens with one attached hydrogen (secondary N) is 1. The van der Waals surface area contributed by atoms with Gasteiger partial charge in [-0.1, -0.05) is 19.8 Å². The lowest BCUT2D eigenvalue weighted by atomic mass is 9.73. The number of hydrogen-bond donors (Lipinski definition) is 2. The molecule has 2 atom stereocenters. The number of aliphatic imine (C=N–C) groups is 1. The molecule has 2 heterocycles. The SMILES string of the molecule is CCNC(=NCC1(C)CCCCC1O)N1CCN(C(=O)c2ccco2)CC1. The topological polar surface area (TPSA) is 81.3 Å². The highest BCUT2D eigenvalue weighted by atomic mass is 16.3. The minimum absolute atomic E-state index is 0.0561. The van der Waals surface area contributed by atoms with Crippen LogP contribution in [0.2, 0.25) is 0 Å². The summed E-state index contributed by atoms with van der Waals surface area (Å²) in [4.78, 5) is 21.3. The average molecular weight is 377 g/mol. The third-order valence-electron chi connectivity index (χ3n) is 5.80. The Morgan fingerprint density at radius 1 is 1.33 bits per heavy atom. The number of amides is 1. The summed E-state index contributed by atoms with van der Waals surface area (Å²) >= 11 is 0. The standard InChI is InChI=1S/C20H32N4O3/c1-3-21-19(22-15-20(2)9-5-4-8-17(20)25)24-12-10-23(11-13-24)18(26)16-7-6-14-27-16/h6-7,14,17,25H,3-5,8-13,15H2,1-2H3,(H,21,22). The third kappa shape index (κ3) is 4.64. The van der Waals surface area contributed by atoms with Gasteiger partial charge in [-0.15, -0.1) is 0 Å². The zero-order chi connectivity index (χ0) is 19.3. The van der Waals surface area contributed by atoms with Crippen LogP contribution in [0.1, 0.15) is 50.1 Å². The van der Waals surface area contributed by atoms with Crippen LogP contribution in [-0.4, -0.2) is 72.1 Å². The van der Waals surface area contributed by atoms with E-state index < -0.39 is 0 Å². The molecule has 2 unspecified atom stereocenters. The lowest BCUT2D eigenvalue weighted by Crippen LogP contribution is -2.54. The van der Waals surface area contributed by atoms with Crippen molar-refractivity contribution in [2.45, 2.75) is 45.6 Å². The van der Waals surface area contributed by atoms with E-state index in [4.69, 9.17) is 9.41 Å². The molecule has 1 aliphatic heterocycles. The van der Waals surface area contributed by atoms with Gasteiger partial charge in [0.05, 0.1) is 18.9 Å². The second-order valence-electron chi connectivity index (χ2n) is 7.84. The summed E-state index contributed by atoms with van der Waals surface area (Å²) in [5, 5.41) is 13.8. The molecular formula is C20H32N4O3. The molecule has 27 heavy (non-hydrogen) atoms. The summed E-state index contributed by atoms with van der Waals surface area (Å²) in [6, 6.07) is 3.44. The molecule has 7 heteroatoms. The van der Waals surface area contributed by atoms with E-state index >= 15 is 0 Å². The maximum atomic E-state index is 12.4. The van der Waals surface area contributed by atoms with Gasteiger partial charge in [-0.2, -0.15) is 0 Å². The number of rotatable bonds is 4. The molecule has 0 aromatic carbocycles. The average Bonchev–Trinajstić information content (AvgIpc) is 3.22. The van der Waals surface area contributed by atoms with Gasteiger partial charge in [0.25, 0.3) is 5.91 Å². The molecule has 1 aromatic rings. The van der Waals surface area contributed by atoms with Gasteiger partial charge in [0, 0.05) is 38.1 Å². The van der Waals surface area contributed by atoms with E-state index in [0.29, 0.717) is 25.4 Å². The summed E-state index contributed by atoms with van der Waals surface area (Å²) in [6.07, 6.45) is 5.40. The zero-order valence-corrected chi connectivity index (χ0v) is 16.5. The lowest BCUT2D eigenvalue weighted by molar-refractivity contribution is 0.00697. The van der Waals surface area contributed by atoms with Crippen LogP contribution in [0.5, 0.6) is 0 Å². The van der Waals surface area contributed by atoms with Gasteiger partial charge in [0.1, 0.15) is 0 Å². The van der Waals surface area contributed by atoms with Crippen molar-refractivity contribution >= 4 is 11.9 Å².